The van der Waals surface area contributed by atoms with Gasteiger partial charge in [-0.25, -0.2) is 4.57 Å². The lowest BCUT2D eigenvalue weighted by Gasteiger charge is -2.48. The second kappa shape index (κ2) is 12.4. The Morgan fingerprint density at radius 3 is 1.76 bits per heavy atom. The van der Waals surface area contributed by atoms with Gasteiger partial charge in [0, 0.05) is 0 Å². The molecule has 11 N–H and O–H groups in total. The Labute approximate surface area is 209 Å². The number of ether oxygens (including phenoxy) is 5. The molecule has 3 rings (SSSR count). The quantitative estimate of drug-likeness (QED) is 0.121. The third-order valence-electron chi connectivity index (χ3n) is 6.28. The van der Waals surface area contributed by atoms with E-state index in [0.29, 0.717) is 0 Å². The summed E-state index contributed by atoms with van der Waals surface area (Å²) >= 11 is 0. The average molecular weight is 568 g/mol. The first-order chi connectivity index (χ1) is 17.2. The highest BCUT2D eigenvalue weighted by atomic mass is 31.2. The Morgan fingerprint density at radius 2 is 1.19 bits per heavy atom. The van der Waals surface area contributed by atoms with Gasteiger partial charge in [0.15, 0.2) is 18.9 Å². The lowest BCUT2D eigenvalue weighted by Crippen LogP contribution is -2.66. The Kier molecular flexibility index (Phi) is 10.4. The minimum absolute atomic E-state index is 0.885. The molecule has 0 aromatic carbocycles. The molecule has 0 aromatic heterocycles. The van der Waals surface area contributed by atoms with Gasteiger partial charge in [-0.2, -0.15) is 0 Å². The number of phosphoric ester groups is 1. The summed E-state index contributed by atoms with van der Waals surface area (Å²) in [6, 6.07) is 0. The van der Waals surface area contributed by atoms with Gasteiger partial charge in [-0.15, -0.1) is 0 Å². The molecule has 1 unspecified atom stereocenters. The van der Waals surface area contributed by atoms with Crippen molar-refractivity contribution in [2.24, 2.45) is 0 Å². The van der Waals surface area contributed by atoms with E-state index >= 15 is 0 Å². The van der Waals surface area contributed by atoms with E-state index in [1.54, 1.807) is 0 Å². The molecule has 3 fully saturated rings. The van der Waals surface area contributed by atoms with E-state index in [9.17, 15) is 50.5 Å². The van der Waals surface area contributed by atoms with Crippen molar-refractivity contribution in [2.45, 2.75) is 99.0 Å². The van der Waals surface area contributed by atoms with Crippen LogP contribution in [0, 0.1) is 0 Å². The molecule has 0 bridgehead atoms. The van der Waals surface area contributed by atoms with Crippen molar-refractivity contribution in [2.75, 3.05) is 13.2 Å². The summed E-state index contributed by atoms with van der Waals surface area (Å²) in [6.07, 6.45) is -26.0. The molecule has 218 valence electrons. The fourth-order valence-electron chi connectivity index (χ4n) is 4.26. The van der Waals surface area contributed by atoms with Gasteiger partial charge in [0.25, 0.3) is 0 Å². The van der Waals surface area contributed by atoms with E-state index in [0.717, 1.165) is 0 Å². The third-order valence-corrected chi connectivity index (χ3v) is 6.80. The van der Waals surface area contributed by atoms with Crippen molar-refractivity contribution in [3.8, 4) is 0 Å². The van der Waals surface area contributed by atoms with Crippen molar-refractivity contribution in [1.29, 1.82) is 0 Å². The van der Waals surface area contributed by atoms with E-state index in [4.69, 9.17) is 33.5 Å². The van der Waals surface area contributed by atoms with E-state index in [2.05, 4.69) is 4.52 Å². The van der Waals surface area contributed by atoms with Crippen LogP contribution in [0.5, 0.6) is 0 Å². The molecule has 15 atom stereocenters. The summed E-state index contributed by atoms with van der Waals surface area (Å²) in [5.41, 5.74) is 0. The van der Waals surface area contributed by atoms with Crippen LogP contribution in [-0.4, -0.2) is 161 Å². The molecule has 3 aliphatic rings. The Balaban J connectivity index is 1.75. The van der Waals surface area contributed by atoms with Crippen molar-refractivity contribution < 1.29 is 88.5 Å². The zero-order chi connectivity index (χ0) is 27.8. The lowest BCUT2D eigenvalue weighted by atomic mass is 9.96. The van der Waals surface area contributed by atoms with E-state index in [-0.39, 0.29) is 0 Å². The normalized spacial score (nSPS) is 49.7. The third kappa shape index (κ3) is 6.83. The molecule has 3 aliphatic heterocycles. The average Bonchev–Trinajstić information content (AvgIpc) is 2.83. The van der Waals surface area contributed by atoms with E-state index in [1.807, 2.05) is 0 Å². The largest absolute Gasteiger partial charge is 0.470 e. The van der Waals surface area contributed by atoms with Crippen molar-refractivity contribution in [3.63, 3.8) is 0 Å². The fraction of sp³-hybridized carbons (Fsp3) is 1.00. The Morgan fingerprint density at radius 1 is 0.649 bits per heavy atom. The summed E-state index contributed by atoms with van der Waals surface area (Å²) in [5.74, 6) is 0. The first kappa shape index (κ1) is 31.1. The molecule has 0 radical (unpaired) electrons. The van der Waals surface area contributed by atoms with Crippen molar-refractivity contribution >= 4 is 7.82 Å². The maximum atomic E-state index is 11.3. The molecule has 3 saturated heterocycles. The van der Waals surface area contributed by atoms with Crippen LogP contribution < -0.4 is 0 Å². The molecule has 18 nitrogen and oxygen atoms in total. The topological polar surface area (TPSA) is 295 Å². The Hall–Kier alpha value is -0.450. The van der Waals surface area contributed by atoms with Crippen LogP contribution in [0.4, 0.5) is 0 Å². The molecule has 0 amide bonds. The number of hydrogen-bond donors (Lipinski definition) is 11. The molecule has 37 heavy (non-hydrogen) atoms. The van der Waals surface area contributed by atoms with Gasteiger partial charge in [0.2, 0.25) is 0 Å². The van der Waals surface area contributed by atoms with Crippen molar-refractivity contribution in [1.82, 2.24) is 0 Å². The van der Waals surface area contributed by atoms with Crippen LogP contribution in [0.1, 0.15) is 6.92 Å². The first-order valence-electron chi connectivity index (χ1n) is 11.2. The van der Waals surface area contributed by atoms with Crippen LogP contribution in [0.3, 0.4) is 0 Å². The monoisotopic (exact) mass is 568 g/mol. The highest BCUT2D eigenvalue weighted by Gasteiger charge is 2.54. The van der Waals surface area contributed by atoms with Crippen LogP contribution in [0.25, 0.3) is 0 Å². The number of phosphoric acid groups is 1. The number of aliphatic hydroxyl groups excluding tert-OH is 9. The van der Waals surface area contributed by atoms with Gasteiger partial charge in [-0.05, 0) is 6.92 Å². The molecule has 3 heterocycles. The van der Waals surface area contributed by atoms with Crippen LogP contribution >= 0.6 is 7.82 Å². The zero-order valence-corrected chi connectivity index (χ0v) is 20.2. The maximum Gasteiger partial charge on any atom is 0.470 e. The predicted octanol–water partition coefficient (Wildman–Crippen LogP) is -6.43. The molecule has 0 aromatic rings. The number of rotatable bonds is 8. The molecule has 19 heteroatoms. The molecular formula is C18H33O18P. The smallest absolute Gasteiger partial charge is 0.394 e. The minimum atomic E-state index is -5.25. The van der Waals surface area contributed by atoms with Crippen LogP contribution in [-0.2, 0) is 32.8 Å². The molecule has 0 aliphatic carbocycles. The van der Waals surface area contributed by atoms with Gasteiger partial charge >= 0.3 is 7.82 Å². The zero-order valence-electron chi connectivity index (χ0n) is 19.3. The van der Waals surface area contributed by atoms with Gasteiger partial charge in [-0.1, -0.05) is 0 Å². The summed E-state index contributed by atoms with van der Waals surface area (Å²) in [6.45, 7) is -0.414. The second-order valence-electron chi connectivity index (χ2n) is 8.89. The summed E-state index contributed by atoms with van der Waals surface area (Å²) in [7, 11) is -5.25. The lowest BCUT2D eigenvalue weighted by molar-refractivity contribution is -0.376. The predicted molar refractivity (Wildman–Crippen MR) is 111 cm³/mol. The standard InChI is InChI=1S/C18H33O18P/c1-4-7(21)14(11(25)16(27)31-4)35-17-10(24)9(23)13(6(3-20)33-17)34-18-12(26)15(36-37(28,29)30)8(22)5(2-19)32-18/h4-27H,2-3H2,1H3,(H2,28,29,30)/t4-,5+,6+,7-,8-,9+,10+,11+,12+,13+,14+,15-,16?,17+,18-/m0/s1. The van der Waals surface area contributed by atoms with Gasteiger partial charge in [0.1, 0.15) is 67.1 Å². The maximum absolute atomic E-state index is 11.3. The fourth-order valence-corrected chi connectivity index (χ4v) is 4.83. The highest BCUT2D eigenvalue weighted by molar-refractivity contribution is 7.46. The van der Waals surface area contributed by atoms with E-state index < -0.39 is 113 Å². The SMILES string of the molecule is C[C@@H]1OC(O)[C@H](O)[C@H](O[C@H]2O[C@H](CO)[C@@H](O[C@@H]3O[C@H](CO)[C@H](O)[C@H](OP(=O)(O)O)[C@H]3O)[C@H](O)[C@H]2O)[C@H]1O. The first-order valence-corrected chi connectivity index (χ1v) is 12.7. The number of aliphatic hydroxyl groups is 9. The molecular weight excluding hydrogens is 535 g/mol. The summed E-state index contributed by atoms with van der Waals surface area (Å²) < 4.78 is 42.1. The molecule has 0 saturated carbocycles. The summed E-state index contributed by atoms with van der Waals surface area (Å²) in [4.78, 5) is 18.2. The van der Waals surface area contributed by atoms with Gasteiger partial charge in [0.05, 0.1) is 19.3 Å². The van der Waals surface area contributed by atoms with E-state index in [1.165, 1.54) is 6.92 Å². The number of hydrogen-bond acceptors (Lipinski definition) is 16. The van der Waals surface area contributed by atoms with Crippen LogP contribution in [0.15, 0.2) is 0 Å². The second-order valence-corrected chi connectivity index (χ2v) is 10.1. The minimum Gasteiger partial charge on any atom is -0.394 e. The molecule has 0 spiro atoms. The van der Waals surface area contributed by atoms with Crippen molar-refractivity contribution in [3.05, 3.63) is 0 Å². The van der Waals surface area contributed by atoms with Gasteiger partial charge < -0.3 is 79.4 Å². The van der Waals surface area contributed by atoms with Crippen LogP contribution in [0.2, 0.25) is 0 Å². The highest BCUT2D eigenvalue weighted by Crippen LogP contribution is 2.42. The Bertz CT molecular complexity index is 768. The van der Waals surface area contributed by atoms with Gasteiger partial charge in [-0.3, -0.25) is 4.52 Å². The summed E-state index contributed by atoms with van der Waals surface area (Å²) in [5, 5.41) is 91.2.